The molecule has 0 unspecified atom stereocenters. The van der Waals surface area contributed by atoms with Crippen LogP contribution >= 0.6 is 0 Å². The van der Waals surface area contributed by atoms with E-state index in [0.29, 0.717) is 25.8 Å². The molecule has 0 bridgehead atoms. The van der Waals surface area contributed by atoms with Gasteiger partial charge in [-0.25, -0.2) is 4.79 Å². The second kappa shape index (κ2) is 14.5. The van der Waals surface area contributed by atoms with Gasteiger partial charge in [0.15, 0.2) is 0 Å². The van der Waals surface area contributed by atoms with E-state index in [4.69, 9.17) is 0 Å². The molecule has 29 heavy (non-hydrogen) atoms. The zero-order valence-corrected chi connectivity index (χ0v) is 19.8. The summed E-state index contributed by atoms with van der Waals surface area (Å²) in [6, 6.07) is 17.6. The number of nitrogens with one attached hydrogen (secondary N) is 1. The van der Waals surface area contributed by atoms with Crippen LogP contribution in [0.25, 0.3) is 0 Å². The van der Waals surface area contributed by atoms with Crippen LogP contribution in [0.4, 0.5) is 0 Å². The minimum atomic E-state index is -1.06. The average molecular weight is 421 g/mol. The predicted octanol–water partition coefficient (Wildman–Crippen LogP) is -1.03. The Labute approximate surface area is 213 Å². The van der Waals surface area contributed by atoms with Crippen LogP contribution in [-0.4, -0.2) is 35.5 Å². The van der Waals surface area contributed by atoms with Gasteiger partial charge in [0.2, 0.25) is 5.91 Å². The van der Waals surface area contributed by atoms with Gasteiger partial charge in [-0.05, 0) is 36.3 Å². The number of aliphatic imine (C=N–C) groups is 1. The Morgan fingerprint density at radius 1 is 0.931 bits per heavy atom. The van der Waals surface area contributed by atoms with Crippen molar-refractivity contribution in [2.45, 2.75) is 38.1 Å². The van der Waals surface area contributed by atoms with Crippen LogP contribution in [0.5, 0.6) is 0 Å². The summed E-state index contributed by atoms with van der Waals surface area (Å²) in [5.41, 5.74) is 1.75. The van der Waals surface area contributed by atoms with Crippen molar-refractivity contribution in [2.75, 3.05) is 6.54 Å². The summed E-state index contributed by atoms with van der Waals surface area (Å²) in [6.45, 7) is 0.357. The fraction of sp³-hybridized carbons (Fsp3) is 0.318. The number of carbonyl (C=O) groups is 2. The number of unbranched alkanes of at least 4 members (excludes halogenated alkanes) is 1. The minimum absolute atomic E-state index is 0. The summed E-state index contributed by atoms with van der Waals surface area (Å²) >= 11 is 0. The maximum atomic E-state index is 12.0. The summed E-state index contributed by atoms with van der Waals surface area (Å²) < 4.78 is 0. The molecule has 0 aliphatic heterocycles. The van der Waals surface area contributed by atoms with E-state index in [0.717, 1.165) is 11.1 Å². The molecule has 0 saturated carbocycles. The van der Waals surface area contributed by atoms with Gasteiger partial charge in [-0.15, -0.1) is 0 Å². The van der Waals surface area contributed by atoms with Crippen molar-refractivity contribution < 1.29 is 71.2 Å². The van der Waals surface area contributed by atoms with Gasteiger partial charge >= 0.3 is 57.4 Å². The Bertz CT molecular complexity index is 782. The standard InChI is InChI=1S/C22H26N2O4.K/c25-20(15-17-9-3-1-4-10-17)23-14-8-7-13-19(22(27)28)24-21(26)16-18-11-5-2-6-12-18;/h1-6,9-12,19H,7-8,13-16H2,(H,23,25)(H,24,26)(H,27,28);/q;+1/p-1/t19-;/m0./s1. The normalized spacial score (nSPS) is 11.9. The number of benzene rings is 2. The van der Waals surface area contributed by atoms with Gasteiger partial charge in [-0.2, -0.15) is 0 Å². The molecule has 2 rings (SSSR count). The molecule has 0 heterocycles. The molecule has 6 nitrogen and oxygen atoms in total. The molecule has 0 aliphatic carbocycles. The van der Waals surface area contributed by atoms with Gasteiger partial charge in [-0.1, -0.05) is 60.7 Å². The van der Waals surface area contributed by atoms with Crippen molar-refractivity contribution in [3.05, 3.63) is 71.8 Å². The molecule has 0 radical (unpaired) electrons. The largest absolute Gasteiger partial charge is 1.00 e. The first-order chi connectivity index (χ1) is 13.5. The summed E-state index contributed by atoms with van der Waals surface area (Å²) in [6.07, 6.45) is 1.88. The van der Waals surface area contributed by atoms with Crippen molar-refractivity contribution in [3.63, 3.8) is 0 Å². The van der Waals surface area contributed by atoms with Crippen molar-refractivity contribution in [1.82, 2.24) is 5.32 Å². The van der Waals surface area contributed by atoms with Crippen molar-refractivity contribution in [1.29, 1.82) is 0 Å². The van der Waals surface area contributed by atoms with Gasteiger partial charge in [0.25, 0.3) is 0 Å². The van der Waals surface area contributed by atoms with Crippen LogP contribution in [0, 0.1) is 0 Å². The number of nitrogens with zero attached hydrogens (tertiary/aromatic N) is 1. The number of carbonyl (C=O) groups excluding carboxylic acids is 1. The Morgan fingerprint density at radius 3 is 2.03 bits per heavy atom. The Morgan fingerprint density at radius 2 is 1.48 bits per heavy atom. The number of hydrogen-bond donors (Lipinski definition) is 2. The van der Waals surface area contributed by atoms with E-state index in [1.54, 1.807) is 0 Å². The third kappa shape index (κ3) is 10.7. The number of carboxylic acid groups (broad SMARTS) is 1. The third-order valence-electron chi connectivity index (χ3n) is 4.23. The molecule has 0 fully saturated rings. The fourth-order valence-electron chi connectivity index (χ4n) is 2.77. The molecule has 0 saturated heterocycles. The first-order valence-corrected chi connectivity index (χ1v) is 9.35. The summed E-state index contributed by atoms with van der Waals surface area (Å²) in [5.74, 6) is -1.56. The molecule has 0 aromatic heterocycles. The van der Waals surface area contributed by atoms with Gasteiger partial charge in [0.05, 0.1) is 6.42 Å². The van der Waals surface area contributed by atoms with Crippen LogP contribution in [0.2, 0.25) is 0 Å². The number of amides is 1. The first-order valence-electron chi connectivity index (χ1n) is 9.35. The molecule has 1 amide bonds. The number of hydrogen-bond acceptors (Lipinski definition) is 4. The van der Waals surface area contributed by atoms with Gasteiger partial charge in [-0.3, -0.25) is 4.79 Å². The maximum Gasteiger partial charge on any atom is 1.00 e. The monoisotopic (exact) mass is 420 g/mol. The molecule has 7 heteroatoms. The summed E-state index contributed by atoms with van der Waals surface area (Å²) in [4.78, 5) is 27.4. The molecule has 2 aromatic carbocycles. The van der Waals surface area contributed by atoms with Crippen LogP contribution in [0.15, 0.2) is 65.7 Å². The first kappa shape index (κ1) is 25.5. The molecule has 0 aliphatic rings. The van der Waals surface area contributed by atoms with E-state index >= 15 is 0 Å². The van der Waals surface area contributed by atoms with Crippen LogP contribution in [-0.2, 0) is 22.4 Å². The Kier molecular flexibility index (Phi) is 12.7. The van der Waals surface area contributed by atoms with Crippen molar-refractivity contribution in [2.24, 2.45) is 4.99 Å². The van der Waals surface area contributed by atoms with Gasteiger partial charge < -0.3 is 20.5 Å². The predicted molar refractivity (Wildman–Crippen MR) is 106 cm³/mol. The number of carboxylic acids is 1. The van der Waals surface area contributed by atoms with E-state index in [2.05, 4.69) is 10.3 Å². The second-order valence-electron chi connectivity index (χ2n) is 6.55. The van der Waals surface area contributed by atoms with Crippen molar-refractivity contribution in [3.8, 4) is 0 Å². The minimum Gasteiger partial charge on any atom is -0.862 e. The van der Waals surface area contributed by atoms with Crippen LogP contribution < -0.4 is 61.8 Å². The van der Waals surface area contributed by atoms with Gasteiger partial charge in [0, 0.05) is 13.0 Å². The number of aliphatic carboxylic acids is 1. The molecule has 1 atom stereocenters. The Balaban J connectivity index is 0.00000420. The van der Waals surface area contributed by atoms with Crippen molar-refractivity contribution >= 4 is 17.8 Å². The zero-order valence-electron chi connectivity index (χ0n) is 16.7. The SMILES string of the molecule is O=C(Cc1ccccc1)N[C@@H](CCCCN=C([O-])Cc1ccccc1)C(=O)O.[K+]. The second-order valence-corrected chi connectivity index (χ2v) is 6.55. The molecular weight excluding hydrogens is 395 g/mol. The summed E-state index contributed by atoms with van der Waals surface area (Å²) in [5, 5.41) is 23.7. The van der Waals surface area contributed by atoms with Crippen LogP contribution in [0.3, 0.4) is 0 Å². The quantitative estimate of drug-likeness (QED) is 0.210. The molecular formula is C22H25KN2O4. The topological polar surface area (TPSA) is 102 Å². The molecule has 148 valence electrons. The zero-order chi connectivity index (χ0) is 20.2. The van der Waals surface area contributed by atoms with Gasteiger partial charge in [0.1, 0.15) is 6.04 Å². The van der Waals surface area contributed by atoms with E-state index in [-0.39, 0.29) is 76.0 Å². The smallest absolute Gasteiger partial charge is 0.862 e. The molecule has 2 N–H and O–H groups in total. The third-order valence-corrected chi connectivity index (χ3v) is 4.23. The summed E-state index contributed by atoms with van der Waals surface area (Å²) in [7, 11) is 0. The van der Waals surface area contributed by atoms with E-state index < -0.39 is 12.0 Å². The van der Waals surface area contributed by atoms with E-state index in [9.17, 15) is 19.8 Å². The molecule has 0 spiro atoms. The number of rotatable bonds is 11. The fourth-order valence-corrected chi connectivity index (χ4v) is 2.77. The van der Waals surface area contributed by atoms with Crippen LogP contribution in [0.1, 0.15) is 30.4 Å². The Hall–Kier alpha value is -1.51. The van der Waals surface area contributed by atoms with E-state index in [1.165, 1.54) is 0 Å². The van der Waals surface area contributed by atoms with E-state index in [1.807, 2.05) is 60.7 Å². The maximum absolute atomic E-state index is 12.0. The average Bonchev–Trinajstić information content (AvgIpc) is 2.68. The molecule has 2 aromatic rings.